The molecular formula is C24H18Cl2N2O3. The Bertz CT molecular complexity index is 1190. The highest BCUT2D eigenvalue weighted by Crippen LogP contribution is 2.40. The van der Waals surface area contributed by atoms with Crippen molar-refractivity contribution in [3.63, 3.8) is 0 Å². The van der Waals surface area contributed by atoms with Crippen molar-refractivity contribution < 1.29 is 14.3 Å². The normalized spacial score (nSPS) is 13.7. The zero-order valence-electron chi connectivity index (χ0n) is 16.8. The molecule has 2 amide bonds. The number of methoxy groups -OCH3 is 1. The number of imide groups is 1. The summed E-state index contributed by atoms with van der Waals surface area (Å²) in [6.45, 7) is 0. The molecule has 1 aliphatic rings. The van der Waals surface area contributed by atoms with Crippen molar-refractivity contribution in [1.82, 2.24) is 0 Å². The predicted octanol–water partition coefficient (Wildman–Crippen LogP) is 5.42. The Morgan fingerprint density at radius 1 is 0.839 bits per heavy atom. The average molecular weight is 453 g/mol. The van der Waals surface area contributed by atoms with E-state index in [1.54, 1.807) is 42.3 Å². The van der Waals surface area contributed by atoms with Crippen LogP contribution in [0.15, 0.2) is 78.5 Å². The molecule has 0 bridgehead atoms. The van der Waals surface area contributed by atoms with Gasteiger partial charge in [-0.3, -0.25) is 9.59 Å². The van der Waals surface area contributed by atoms with Gasteiger partial charge < -0.3 is 9.64 Å². The van der Waals surface area contributed by atoms with Gasteiger partial charge in [0.15, 0.2) is 0 Å². The van der Waals surface area contributed by atoms with Crippen LogP contribution in [0.25, 0.3) is 5.57 Å². The lowest BCUT2D eigenvalue weighted by Crippen LogP contribution is -2.34. The first kappa shape index (κ1) is 21.0. The van der Waals surface area contributed by atoms with Crippen molar-refractivity contribution in [2.24, 2.45) is 0 Å². The minimum absolute atomic E-state index is 0.233. The van der Waals surface area contributed by atoms with Crippen molar-refractivity contribution >= 4 is 52.0 Å². The maximum Gasteiger partial charge on any atom is 0.282 e. The molecule has 1 heterocycles. The van der Waals surface area contributed by atoms with Gasteiger partial charge >= 0.3 is 0 Å². The van der Waals surface area contributed by atoms with E-state index in [-0.39, 0.29) is 11.3 Å². The first-order chi connectivity index (χ1) is 14.9. The Morgan fingerprint density at radius 3 is 2.10 bits per heavy atom. The molecule has 156 valence electrons. The Morgan fingerprint density at radius 2 is 1.45 bits per heavy atom. The van der Waals surface area contributed by atoms with Crippen molar-refractivity contribution in [3.05, 3.63) is 94.1 Å². The molecule has 0 fully saturated rings. The summed E-state index contributed by atoms with van der Waals surface area (Å²) >= 11 is 12.3. The number of ether oxygens (including phenoxy) is 1. The van der Waals surface area contributed by atoms with Crippen LogP contribution < -0.4 is 14.5 Å². The van der Waals surface area contributed by atoms with Gasteiger partial charge in [-0.15, -0.1) is 0 Å². The van der Waals surface area contributed by atoms with E-state index in [4.69, 9.17) is 27.9 Å². The molecule has 0 unspecified atom stereocenters. The van der Waals surface area contributed by atoms with E-state index in [0.717, 1.165) is 10.6 Å². The molecule has 1 aliphatic heterocycles. The lowest BCUT2D eigenvalue weighted by Gasteiger charge is -2.22. The Balaban J connectivity index is 1.93. The standard InChI is InChI=1S/C24H18Cl2N2O3/c1-27(17-8-4-3-5-9-17)22-21(19-10-6-7-11-20(19)31-2)23(29)28(24(22)30)18-13-15(25)12-16(26)14-18/h3-14H,1-2H3. The van der Waals surface area contributed by atoms with Gasteiger partial charge in [0.25, 0.3) is 11.8 Å². The van der Waals surface area contributed by atoms with Crippen LogP contribution in [0.3, 0.4) is 0 Å². The molecule has 3 aromatic rings. The number of hydrogen-bond acceptors (Lipinski definition) is 4. The molecule has 0 aliphatic carbocycles. The minimum Gasteiger partial charge on any atom is -0.496 e. The largest absolute Gasteiger partial charge is 0.496 e. The van der Waals surface area contributed by atoms with Crippen molar-refractivity contribution in [3.8, 4) is 5.75 Å². The fraction of sp³-hybridized carbons (Fsp3) is 0.0833. The summed E-state index contributed by atoms with van der Waals surface area (Å²) in [6.07, 6.45) is 0. The summed E-state index contributed by atoms with van der Waals surface area (Å²) < 4.78 is 5.48. The molecular weight excluding hydrogens is 435 g/mol. The molecule has 0 spiro atoms. The molecule has 0 saturated carbocycles. The lowest BCUT2D eigenvalue weighted by atomic mass is 10.0. The fourth-order valence-corrected chi connectivity index (χ4v) is 4.12. The van der Waals surface area contributed by atoms with Crippen LogP contribution in [-0.4, -0.2) is 26.0 Å². The maximum absolute atomic E-state index is 13.6. The van der Waals surface area contributed by atoms with Gasteiger partial charge in [-0.25, -0.2) is 4.90 Å². The van der Waals surface area contributed by atoms with Gasteiger partial charge in [0, 0.05) is 28.3 Å². The summed E-state index contributed by atoms with van der Waals surface area (Å²) in [7, 11) is 3.27. The topological polar surface area (TPSA) is 49.9 Å². The van der Waals surface area contributed by atoms with Crippen molar-refractivity contribution in [2.45, 2.75) is 0 Å². The Labute approximate surface area is 190 Å². The number of amides is 2. The molecule has 5 nitrogen and oxygen atoms in total. The highest BCUT2D eigenvalue weighted by molar-refractivity contribution is 6.47. The molecule has 0 N–H and O–H groups in total. The average Bonchev–Trinajstić information content (AvgIpc) is 3.02. The van der Waals surface area contributed by atoms with Crippen LogP contribution in [0, 0.1) is 0 Å². The van der Waals surface area contributed by atoms with E-state index in [2.05, 4.69) is 0 Å². The monoisotopic (exact) mass is 452 g/mol. The zero-order chi connectivity index (χ0) is 22.1. The summed E-state index contributed by atoms with van der Waals surface area (Å²) in [4.78, 5) is 30.0. The van der Waals surface area contributed by atoms with Gasteiger partial charge in [0.05, 0.1) is 18.4 Å². The van der Waals surface area contributed by atoms with Gasteiger partial charge in [-0.05, 0) is 36.4 Å². The predicted molar refractivity (Wildman–Crippen MR) is 124 cm³/mol. The van der Waals surface area contributed by atoms with E-state index in [1.165, 1.54) is 19.2 Å². The molecule has 4 rings (SSSR count). The van der Waals surface area contributed by atoms with Crippen LogP contribution in [0.5, 0.6) is 5.75 Å². The summed E-state index contributed by atoms with van der Waals surface area (Å²) in [6, 6.07) is 21.1. The van der Waals surface area contributed by atoms with E-state index < -0.39 is 11.8 Å². The summed E-state index contributed by atoms with van der Waals surface area (Å²) in [5.74, 6) is -0.468. The molecule has 0 saturated heterocycles. The second kappa shape index (κ2) is 8.46. The van der Waals surface area contributed by atoms with Crippen molar-refractivity contribution in [2.75, 3.05) is 24.0 Å². The SMILES string of the molecule is COc1ccccc1C1=C(N(C)c2ccccc2)C(=O)N(c2cc(Cl)cc(Cl)c2)C1=O. The number of likely N-dealkylation sites (N-methyl/N-ethyl adjacent to an activating group) is 1. The van der Waals surface area contributed by atoms with Gasteiger partial charge in [0.2, 0.25) is 0 Å². The second-order valence-corrected chi connectivity index (χ2v) is 7.76. The first-order valence-electron chi connectivity index (χ1n) is 9.43. The van der Waals surface area contributed by atoms with Gasteiger partial charge in [0.1, 0.15) is 11.4 Å². The van der Waals surface area contributed by atoms with Crippen LogP contribution in [0.1, 0.15) is 5.56 Å². The van der Waals surface area contributed by atoms with Crippen molar-refractivity contribution in [1.29, 1.82) is 0 Å². The third-order valence-corrected chi connectivity index (χ3v) is 5.46. The quantitative estimate of drug-likeness (QED) is 0.484. The van der Waals surface area contributed by atoms with Gasteiger partial charge in [-0.1, -0.05) is 59.6 Å². The number of carbonyl (C=O) groups excluding carboxylic acids is 2. The molecule has 7 heteroatoms. The fourth-order valence-electron chi connectivity index (χ4n) is 3.61. The summed E-state index contributed by atoms with van der Waals surface area (Å²) in [5, 5.41) is 0.651. The van der Waals surface area contributed by atoms with E-state index in [9.17, 15) is 9.59 Å². The third-order valence-electron chi connectivity index (χ3n) is 5.02. The van der Waals surface area contributed by atoms with E-state index in [0.29, 0.717) is 27.0 Å². The van der Waals surface area contributed by atoms with Gasteiger partial charge in [-0.2, -0.15) is 0 Å². The first-order valence-corrected chi connectivity index (χ1v) is 10.2. The number of carbonyl (C=O) groups is 2. The van der Waals surface area contributed by atoms with E-state index in [1.807, 2.05) is 30.3 Å². The third kappa shape index (κ3) is 3.78. The Kier molecular flexibility index (Phi) is 5.72. The maximum atomic E-state index is 13.6. The Hall–Kier alpha value is -3.28. The number of nitrogens with zero attached hydrogens (tertiary/aromatic N) is 2. The second-order valence-electron chi connectivity index (χ2n) is 6.89. The zero-order valence-corrected chi connectivity index (χ0v) is 18.3. The van der Waals surface area contributed by atoms with Crippen LogP contribution in [0.2, 0.25) is 10.0 Å². The lowest BCUT2D eigenvalue weighted by molar-refractivity contribution is -0.120. The highest BCUT2D eigenvalue weighted by Gasteiger charge is 2.43. The van der Waals surface area contributed by atoms with E-state index >= 15 is 0 Å². The number of anilines is 2. The molecule has 0 atom stereocenters. The number of hydrogen-bond donors (Lipinski definition) is 0. The molecule has 3 aromatic carbocycles. The highest BCUT2D eigenvalue weighted by atomic mass is 35.5. The molecule has 31 heavy (non-hydrogen) atoms. The minimum atomic E-state index is -0.481. The number of para-hydroxylation sites is 2. The molecule has 0 aromatic heterocycles. The van der Waals surface area contributed by atoms with Crippen LogP contribution >= 0.6 is 23.2 Å². The number of rotatable bonds is 5. The number of benzene rings is 3. The van der Waals surface area contributed by atoms with Crippen LogP contribution in [0.4, 0.5) is 11.4 Å². The smallest absolute Gasteiger partial charge is 0.282 e. The summed E-state index contributed by atoms with van der Waals surface area (Å²) in [5.41, 5.74) is 2.06. The molecule has 0 radical (unpaired) electrons. The number of halogens is 2. The van der Waals surface area contributed by atoms with Crippen LogP contribution in [-0.2, 0) is 9.59 Å².